The van der Waals surface area contributed by atoms with Crippen LogP contribution in [0.4, 0.5) is 10.1 Å². The van der Waals surface area contributed by atoms with E-state index in [1.807, 2.05) is 17.0 Å². The van der Waals surface area contributed by atoms with Crippen LogP contribution in [0, 0.1) is 11.7 Å². The van der Waals surface area contributed by atoms with Gasteiger partial charge >= 0.3 is 0 Å². The molecular weight excluding hydrogens is 363 g/mol. The Kier molecular flexibility index (Phi) is 5.20. The SMILES string of the molecule is C[C@H]1Cc2ccccc2N1C(=O)C1CCN(Cc2ccc(Cl)cc2F)CC1. The third kappa shape index (κ3) is 3.74. The first-order valence-corrected chi connectivity index (χ1v) is 9.98. The zero-order chi connectivity index (χ0) is 19.0. The zero-order valence-electron chi connectivity index (χ0n) is 15.5. The fraction of sp³-hybridized carbons (Fsp3) is 0.409. The molecule has 2 aromatic rings. The molecule has 0 bridgehead atoms. The monoisotopic (exact) mass is 386 g/mol. The van der Waals surface area contributed by atoms with E-state index in [9.17, 15) is 9.18 Å². The molecule has 2 heterocycles. The van der Waals surface area contributed by atoms with Gasteiger partial charge in [0, 0.05) is 34.8 Å². The number of hydrogen-bond acceptors (Lipinski definition) is 2. The second-order valence-electron chi connectivity index (χ2n) is 7.68. The lowest BCUT2D eigenvalue weighted by atomic mass is 9.94. The van der Waals surface area contributed by atoms with Crippen LogP contribution in [-0.2, 0) is 17.8 Å². The topological polar surface area (TPSA) is 23.6 Å². The van der Waals surface area contributed by atoms with Crippen LogP contribution in [0.2, 0.25) is 5.02 Å². The lowest BCUT2D eigenvalue weighted by molar-refractivity contribution is -0.124. The average molecular weight is 387 g/mol. The van der Waals surface area contributed by atoms with Gasteiger partial charge in [-0.3, -0.25) is 9.69 Å². The Morgan fingerprint density at radius 3 is 2.67 bits per heavy atom. The summed E-state index contributed by atoms with van der Waals surface area (Å²) in [4.78, 5) is 17.4. The molecular formula is C22H24ClFN2O. The molecule has 0 aromatic heterocycles. The molecule has 1 amide bonds. The molecule has 0 saturated carbocycles. The van der Waals surface area contributed by atoms with E-state index in [-0.39, 0.29) is 23.7 Å². The van der Waals surface area contributed by atoms with E-state index < -0.39 is 0 Å². The smallest absolute Gasteiger partial charge is 0.230 e. The largest absolute Gasteiger partial charge is 0.309 e. The molecule has 2 aromatic carbocycles. The predicted octanol–water partition coefficient (Wildman–Crippen LogP) is 4.67. The number of halogens is 2. The molecule has 142 valence electrons. The molecule has 0 radical (unpaired) electrons. The van der Waals surface area contributed by atoms with Crippen molar-refractivity contribution in [3.8, 4) is 0 Å². The maximum Gasteiger partial charge on any atom is 0.230 e. The Hall–Kier alpha value is -1.91. The number of nitrogens with zero attached hydrogens (tertiary/aromatic N) is 2. The second kappa shape index (κ2) is 7.61. The van der Waals surface area contributed by atoms with Crippen molar-refractivity contribution in [1.29, 1.82) is 0 Å². The van der Waals surface area contributed by atoms with E-state index >= 15 is 0 Å². The van der Waals surface area contributed by atoms with Crippen LogP contribution in [0.25, 0.3) is 0 Å². The molecule has 1 fully saturated rings. The van der Waals surface area contributed by atoms with Crippen molar-refractivity contribution in [3.05, 3.63) is 64.4 Å². The quantitative estimate of drug-likeness (QED) is 0.765. The van der Waals surface area contributed by atoms with Crippen molar-refractivity contribution in [2.24, 2.45) is 5.92 Å². The molecule has 0 N–H and O–H groups in total. The van der Waals surface area contributed by atoms with Crippen LogP contribution >= 0.6 is 11.6 Å². The van der Waals surface area contributed by atoms with Gasteiger partial charge in [0.05, 0.1) is 0 Å². The molecule has 27 heavy (non-hydrogen) atoms. The van der Waals surface area contributed by atoms with E-state index in [0.717, 1.165) is 38.0 Å². The number of para-hydroxylation sites is 1. The van der Waals surface area contributed by atoms with Gasteiger partial charge in [-0.25, -0.2) is 4.39 Å². The summed E-state index contributed by atoms with van der Waals surface area (Å²) in [5.74, 6) is 0.0258. The number of anilines is 1. The van der Waals surface area contributed by atoms with Crippen LogP contribution in [0.5, 0.6) is 0 Å². The lowest BCUT2D eigenvalue weighted by Crippen LogP contribution is -2.44. The normalized spacial score (nSPS) is 20.7. The summed E-state index contributed by atoms with van der Waals surface area (Å²) in [6.07, 6.45) is 2.56. The van der Waals surface area contributed by atoms with Crippen LogP contribution in [0.1, 0.15) is 30.9 Å². The highest BCUT2D eigenvalue weighted by Crippen LogP contribution is 2.34. The minimum atomic E-state index is -0.261. The summed E-state index contributed by atoms with van der Waals surface area (Å²) >= 11 is 5.83. The van der Waals surface area contributed by atoms with Crippen molar-refractivity contribution in [1.82, 2.24) is 4.90 Å². The maximum atomic E-state index is 14.0. The molecule has 0 spiro atoms. The summed E-state index contributed by atoms with van der Waals surface area (Å²) in [6.45, 7) is 4.30. The molecule has 0 aliphatic carbocycles. The van der Waals surface area contributed by atoms with E-state index in [0.29, 0.717) is 17.1 Å². The van der Waals surface area contributed by atoms with Crippen molar-refractivity contribution in [2.45, 2.75) is 38.8 Å². The van der Waals surface area contributed by atoms with Gasteiger partial charge in [0.2, 0.25) is 5.91 Å². The lowest BCUT2D eigenvalue weighted by Gasteiger charge is -2.34. The van der Waals surface area contributed by atoms with Gasteiger partial charge in [-0.15, -0.1) is 0 Å². The Morgan fingerprint density at radius 2 is 1.93 bits per heavy atom. The summed E-state index contributed by atoms with van der Waals surface area (Å²) in [5.41, 5.74) is 2.99. The van der Waals surface area contributed by atoms with E-state index in [1.165, 1.54) is 11.6 Å². The molecule has 1 atom stereocenters. The summed E-state index contributed by atoms with van der Waals surface area (Å²) in [6, 6.07) is 13.3. The highest BCUT2D eigenvalue weighted by atomic mass is 35.5. The van der Waals surface area contributed by atoms with Gasteiger partial charge in [-0.05, 0) is 63.0 Å². The first-order chi connectivity index (χ1) is 13.0. The molecule has 2 aliphatic heterocycles. The van der Waals surface area contributed by atoms with E-state index in [4.69, 9.17) is 11.6 Å². The summed E-state index contributed by atoms with van der Waals surface area (Å²) < 4.78 is 14.0. The Bertz CT molecular complexity index is 848. The average Bonchev–Trinajstić information content (AvgIpc) is 3.00. The number of hydrogen-bond donors (Lipinski definition) is 0. The third-order valence-electron chi connectivity index (χ3n) is 5.79. The van der Waals surface area contributed by atoms with Gasteiger partial charge in [0.1, 0.15) is 5.82 Å². The summed E-state index contributed by atoms with van der Waals surface area (Å²) in [7, 11) is 0. The number of rotatable bonds is 3. The third-order valence-corrected chi connectivity index (χ3v) is 6.03. The first kappa shape index (κ1) is 18.5. The van der Waals surface area contributed by atoms with Crippen molar-refractivity contribution in [3.63, 3.8) is 0 Å². The molecule has 4 rings (SSSR count). The van der Waals surface area contributed by atoms with Crippen molar-refractivity contribution < 1.29 is 9.18 Å². The van der Waals surface area contributed by atoms with Gasteiger partial charge in [0.15, 0.2) is 0 Å². The van der Waals surface area contributed by atoms with Crippen molar-refractivity contribution in [2.75, 3.05) is 18.0 Å². The second-order valence-corrected chi connectivity index (χ2v) is 8.11. The number of carbonyl (C=O) groups excluding carboxylic acids is 1. The summed E-state index contributed by atoms with van der Waals surface area (Å²) in [5, 5.41) is 0.417. The van der Waals surface area contributed by atoms with Gasteiger partial charge in [-0.2, -0.15) is 0 Å². The maximum absolute atomic E-state index is 14.0. The first-order valence-electron chi connectivity index (χ1n) is 9.60. The van der Waals surface area contributed by atoms with Gasteiger partial charge < -0.3 is 4.90 Å². The van der Waals surface area contributed by atoms with E-state index in [2.05, 4.69) is 24.0 Å². The Balaban J connectivity index is 1.38. The number of amides is 1. The van der Waals surface area contributed by atoms with Gasteiger partial charge in [0.25, 0.3) is 0 Å². The molecule has 5 heteroatoms. The zero-order valence-corrected chi connectivity index (χ0v) is 16.3. The number of benzene rings is 2. The fourth-order valence-electron chi connectivity index (χ4n) is 4.33. The number of likely N-dealkylation sites (tertiary alicyclic amines) is 1. The fourth-order valence-corrected chi connectivity index (χ4v) is 4.49. The molecule has 2 aliphatic rings. The van der Waals surface area contributed by atoms with Crippen LogP contribution < -0.4 is 4.90 Å². The highest BCUT2D eigenvalue weighted by Gasteiger charge is 2.35. The number of piperidine rings is 1. The Labute approximate surface area is 164 Å². The molecule has 1 saturated heterocycles. The molecule has 3 nitrogen and oxygen atoms in total. The van der Waals surface area contributed by atoms with E-state index in [1.54, 1.807) is 12.1 Å². The Morgan fingerprint density at radius 1 is 1.19 bits per heavy atom. The minimum absolute atomic E-state index is 0.0462. The predicted molar refractivity (Wildman–Crippen MR) is 107 cm³/mol. The van der Waals surface area contributed by atoms with Crippen molar-refractivity contribution >= 4 is 23.2 Å². The highest BCUT2D eigenvalue weighted by molar-refractivity contribution is 6.30. The van der Waals surface area contributed by atoms with Gasteiger partial charge in [-0.1, -0.05) is 35.9 Å². The van der Waals surface area contributed by atoms with Crippen LogP contribution in [0.15, 0.2) is 42.5 Å². The molecule has 0 unspecified atom stereocenters. The standard InChI is InChI=1S/C22H24ClFN2O/c1-15-12-17-4-2-3-5-21(17)26(15)22(27)16-8-10-25(11-9-16)14-18-6-7-19(23)13-20(18)24/h2-7,13,15-16H,8-12,14H2,1H3/t15-/m0/s1. The van der Waals surface area contributed by atoms with Crippen LogP contribution in [-0.4, -0.2) is 29.9 Å². The number of carbonyl (C=O) groups is 1. The number of fused-ring (bicyclic) bond motifs is 1. The minimum Gasteiger partial charge on any atom is -0.309 e. The van der Waals surface area contributed by atoms with Crippen LogP contribution in [0.3, 0.4) is 0 Å².